The van der Waals surface area contributed by atoms with Crippen molar-refractivity contribution in [2.24, 2.45) is 0 Å². The van der Waals surface area contributed by atoms with Crippen LogP contribution in [0, 0.1) is 30.9 Å². The number of halogens is 2. The Morgan fingerprint density at radius 1 is 1.04 bits per heavy atom. The molecule has 1 heterocycles. The molecular formula is C19H16Cl2N4O3. The van der Waals surface area contributed by atoms with Crippen molar-refractivity contribution in [3.05, 3.63) is 73.5 Å². The van der Waals surface area contributed by atoms with Gasteiger partial charge in [-0.15, -0.1) is 0 Å². The Bertz CT molecular complexity index is 1050. The van der Waals surface area contributed by atoms with Crippen molar-refractivity contribution in [2.75, 3.05) is 5.32 Å². The summed E-state index contributed by atoms with van der Waals surface area (Å²) < 4.78 is 5.70. The maximum Gasteiger partial charge on any atom is 0.373 e. The molecular weight excluding hydrogens is 403 g/mol. The first-order chi connectivity index (χ1) is 13.3. The van der Waals surface area contributed by atoms with Crippen LogP contribution in [0.1, 0.15) is 16.7 Å². The van der Waals surface area contributed by atoms with Gasteiger partial charge in [0, 0.05) is 15.7 Å². The van der Waals surface area contributed by atoms with Crippen molar-refractivity contribution < 1.29 is 9.66 Å². The summed E-state index contributed by atoms with van der Waals surface area (Å²) in [4.78, 5) is 19.1. The second-order valence-corrected chi connectivity index (χ2v) is 7.00. The summed E-state index contributed by atoms with van der Waals surface area (Å²) in [6, 6.07) is 8.57. The molecule has 0 aliphatic heterocycles. The molecule has 0 aliphatic carbocycles. The second kappa shape index (κ2) is 8.00. The molecule has 3 rings (SSSR count). The van der Waals surface area contributed by atoms with Crippen LogP contribution in [0.25, 0.3) is 0 Å². The molecule has 7 nitrogen and oxygen atoms in total. The Morgan fingerprint density at radius 2 is 1.71 bits per heavy atom. The highest BCUT2D eigenvalue weighted by Gasteiger charge is 2.26. The van der Waals surface area contributed by atoms with Gasteiger partial charge in [-0.1, -0.05) is 29.3 Å². The van der Waals surface area contributed by atoms with E-state index in [-0.39, 0.29) is 17.4 Å². The standard InChI is InChI=1S/C19H16Cl2N4O3/c1-10-4-5-13(20)8-15(10)24-18-17(25(26)27)19(23-9-22-18)28-14-6-11(2)16(21)12(3)7-14/h4-9H,1-3H3,(H,22,23,24). The zero-order chi connectivity index (χ0) is 20.4. The maximum atomic E-state index is 11.7. The van der Waals surface area contributed by atoms with Gasteiger partial charge in [0.2, 0.25) is 5.82 Å². The lowest BCUT2D eigenvalue weighted by Gasteiger charge is -2.12. The number of ether oxygens (including phenoxy) is 1. The molecule has 0 spiro atoms. The molecule has 0 amide bonds. The third-order valence-corrected chi connectivity index (χ3v) is 4.88. The molecule has 0 saturated carbocycles. The minimum absolute atomic E-state index is 0.00257. The molecule has 1 aromatic heterocycles. The first-order valence-electron chi connectivity index (χ1n) is 8.23. The van der Waals surface area contributed by atoms with E-state index >= 15 is 0 Å². The lowest BCUT2D eigenvalue weighted by molar-refractivity contribution is -0.385. The van der Waals surface area contributed by atoms with Crippen LogP contribution < -0.4 is 10.1 Å². The fraction of sp³-hybridized carbons (Fsp3) is 0.158. The van der Waals surface area contributed by atoms with E-state index in [1.165, 1.54) is 6.33 Å². The number of nitro groups is 1. The number of nitrogens with one attached hydrogen (secondary N) is 1. The summed E-state index contributed by atoms with van der Waals surface area (Å²) in [6.07, 6.45) is 1.19. The van der Waals surface area contributed by atoms with Crippen LogP contribution in [0.3, 0.4) is 0 Å². The van der Waals surface area contributed by atoms with Crippen LogP contribution in [0.2, 0.25) is 10.0 Å². The van der Waals surface area contributed by atoms with E-state index in [9.17, 15) is 10.1 Å². The molecule has 0 fully saturated rings. The Balaban J connectivity index is 2.03. The van der Waals surface area contributed by atoms with E-state index in [0.717, 1.165) is 16.7 Å². The lowest BCUT2D eigenvalue weighted by Crippen LogP contribution is -2.04. The lowest BCUT2D eigenvalue weighted by atomic mass is 10.1. The molecule has 0 saturated heterocycles. The molecule has 2 aromatic carbocycles. The van der Waals surface area contributed by atoms with E-state index in [1.807, 2.05) is 20.8 Å². The van der Waals surface area contributed by atoms with Crippen molar-refractivity contribution in [2.45, 2.75) is 20.8 Å². The van der Waals surface area contributed by atoms with Crippen molar-refractivity contribution in [3.8, 4) is 11.6 Å². The minimum Gasteiger partial charge on any atom is -0.434 e. The van der Waals surface area contributed by atoms with Crippen molar-refractivity contribution in [1.29, 1.82) is 0 Å². The smallest absolute Gasteiger partial charge is 0.373 e. The summed E-state index contributed by atoms with van der Waals surface area (Å²) in [5, 5.41) is 15.8. The Labute approximate surface area is 171 Å². The third-order valence-electron chi connectivity index (χ3n) is 4.05. The highest BCUT2D eigenvalue weighted by molar-refractivity contribution is 6.32. The largest absolute Gasteiger partial charge is 0.434 e. The summed E-state index contributed by atoms with van der Waals surface area (Å²) in [5.41, 5.74) is 2.65. The van der Waals surface area contributed by atoms with E-state index in [4.69, 9.17) is 27.9 Å². The fourth-order valence-electron chi connectivity index (χ4n) is 2.63. The van der Waals surface area contributed by atoms with E-state index in [1.54, 1.807) is 30.3 Å². The molecule has 3 aromatic rings. The zero-order valence-electron chi connectivity index (χ0n) is 15.3. The predicted octanol–water partition coefficient (Wildman–Crippen LogP) is 6.15. The van der Waals surface area contributed by atoms with Gasteiger partial charge in [0.15, 0.2) is 0 Å². The number of benzene rings is 2. The molecule has 28 heavy (non-hydrogen) atoms. The molecule has 0 aliphatic rings. The Kier molecular flexibility index (Phi) is 5.67. The molecule has 0 atom stereocenters. The van der Waals surface area contributed by atoms with E-state index in [0.29, 0.717) is 21.5 Å². The molecule has 0 bridgehead atoms. The van der Waals surface area contributed by atoms with Crippen LogP contribution in [0.15, 0.2) is 36.7 Å². The average Bonchev–Trinajstić information content (AvgIpc) is 2.62. The van der Waals surface area contributed by atoms with Crippen LogP contribution in [0.5, 0.6) is 11.6 Å². The van der Waals surface area contributed by atoms with Gasteiger partial charge in [0.25, 0.3) is 0 Å². The molecule has 144 valence electrons. The Hall–Kier alpha value is -2.90. The third kappa shape index (κ3) is 4.16. The van der Waals surface area contributed by atoms with Crippen molar-refractivity contribution in [3.63, 3.8) is 0 Å². The Morgan fingerprint density at radius 3 is 2.36 bits per heavy atom. The number of hydrogen-bond donors (Lipinski definition) is 1. The van der Waals surface area contributed by atoms with Gasteiger partial charge in [-0.05, 0) is 61.7 Å². The highest BCUT2D eigenvalue weighted by Crippen LogP contribution is 2.37. The van der Waals surface area contributed by atoms with E-state index in [2.05, 4.69) is 15.3 Å². The van der Waals surface area contributed by atoms with Crippen molar-refractivity contribution in [1.82, 2.24) is 9.97 Å². The van der Waals surface area contributed by atoms with Gasteiger partial charge < -0.3 is 10.1 Å². The van der Waals surface area contributed by atoms with Gasteiger partial charge in [-0.3, -0.25) is 10.1 Å². The van der Waals surface area contributed by atoms with Crippen LogP contribution in [0.4, 0.5) is 17.2 Å². The average molecular weight is 419 g/mol. The number of rotatable bonds is 5. The normalized spacial score (nSPS) is 10.6. The summed E-state index contributed by atoms with van der Waals surface area (Å²) >= 11 is 12.2. The topological polar surface area (TPSA) is 90.2 Å². The fourth-order valence-corrected chi connectivity index (χ4v) is 2.91. The number of aromatic nitrogens is 2. The van der Waals surface area contributed by atoms with Crippen molar-refractivity contribution >= 4 is 40.4 Å². The maximum absolute atomic E-state index is 11.7. The number of aryl methyl sites for hydroxylation is 3. The predicted molar refractivity (Wildman–Crippen MR) is 109 cm³/mol. The van der Waals surface area contributed by atoms with Gasteiger partial charge in [0.05, 0.1) is 4.92 Å². The van der Waals surface area contributed by atoms with Crippen LogP contribution in [-0.4, -0.2) is 14.9 Å². The molecule has 1 N–H and O–H groups in total. The molecule has 9 heteroatoms. The quantitative estimate of drug-likeness (QED) is 0.394. The minimum atomic E-state index is -0.590. The van der Waals surface area contributed by atoms with Gasteiger partial charge >= 0.3 is 11.6 Å². The van der Waals surface area contributed by atoms with Gasteiger partial charge in [0.1, 0.15) is 12.1 Å². The van der Waals surface area contributed by atoms with Gasteiger partial charge in [-0.2, -0.15) is 4.98 Å². The number of anilines is 2. The second-order valence-electron chi connectivity index (χ2n) is 6.19. The monoisotopic (exact) mass is 418 g/mol. The highest BCUT2D eigenvalue weighted by atomic mass is 35.5. The van der Waals surface area contributed by atoms with Crippen LogP contribution >= 0.6 is 23.2 Å². The van der Waals surface area contributed by atoms with Crippen LogP contribution in [-0.2, 0) is 0 Å². The number of nitrogens with zero attached hydrogens (tertiary/aromatic N) is 3. The van der Waals surface area contributed by atoms with E-state index < -0.39 is 4.92 Å². The summed E-state index contributed by atoms with van der Waals surface area (Å²) in [7, 11) is 0. The SMILES string of the molecule is Cc1ccc(Cl)cc1Nc1ncnc(Oc2cc(C)c(Cl)c(C)c2)c1[N+](=O)[O-]. The first kappa shape index (κ1) is 19.9. The van der Waals surface area contributed by atoms with Gasteiger partial charge in [-0.25, -0.2) is 4.98 Å². The number of hydrogen-bond acceptors (Lipinski definition) is 6. The zero-order valence-corrected chi connectivity index (χ0v) is 16.8. The summed E-state index contributed by atoms with van der Waals surface area (Å²) in [5.74, 6) is 0.220. The molecule has 0 unspecified atom stereocenters. The molecule has 0 radical (unpaired) electrons. The first-order valence-corrected chi connectivity index (χ1v) is 8.99. The summed E-state index contributed by atoms with van der Waals surface area (Å²) in [6.45, 7) is 5.50.